The first-order valence-corrected chi connectivity index (χ1v) is 7.51. The van der Waals surface area contributed by atoms with Crippen molar-refractivity contribution in [3.05, 3.63) is 64.9 Å². The summed E-state index contributed by atoms with van der Waals surface area (Å²) < 4.78 is 1.86. The molecule has 0 atom stereocenters. The van der Waals surface area contributed by atoms with Crippen LogP contribution in [0.3, 0.4) is 0 Å². The molecule has 0 saturated heterocycles. The molecule has 23 heavy (non-hydrogen) atoms. The Morgan fingerprint density at radius 3 is 2.83 bits per heavy atom. The standard InChI is InChI=1S/C17H15ClN4O/c1-12-20-15-8-4-5-9-16(15)22(12)11-17(23)21-19-10-13-6-2-3-7-14(13)18/h2-10H,11H2,1H3,(H,21,23)/b19-10+. The van der Waals surface area contributed by atoms with E-state index < -0.39 is 0 Å². The molecule has 5 nitrogen and oxygen atoms in total. The summed E-state index contributed by atoms with van der Waals surface area (Å²) >= 11 is 6.02. The van der Waals surface area contributed by atoms with E-state index in [1.54, 1.807) is 6.07 Å². The highest BCUT2D eigenvalue weighted by Crippen LogP contribution is 2.15. The van der Waals surface area contributed by atoms with Gasteiger partial charge in [-0.3, -0.25) is 4.79 Å². The highest BCUT2D eigenvalue weighted by molar-refractivity contribution is 6.33. The zero-order valence-corrected chi connectivity index (χ0v) is 13.3. The van der Waals surface area contributed by atoms with Crippen molar-refractivity contribution in [2.24, 2.45) is 5.10 Å². The van der Waals surface area contributed by atoms with Gasteiger partial charge < -0.3 is 4.57 Å². The highest BCUT2D eigenvalue weighted by Gasteiger charge is 2.09. The number of aromatic nitrogens is 2. The molecule has 0 aliphatic rings. The van der Waals surface area contributed by atoms with Crippen LogP contribution in [0.25, 0.3) is 11.0 Å². The summed E-state index contributed by atoms with van der Waals surface area (Å²) in [6.45, 7) is 2.03. The number of hydrogen-bond acceptors (Lipinski definition) is 3. The van der Waals surface area contributed by atoms with Crippen LogP contribution in [0.1, 0.15) is 11.4 Å². The molecule has 3 aromatic rings. The lowest BCUT2D eigenvalue weighted by Crippen LogP contribution is -2.23. The molecule has 0 aliphatic heterocycles. The maximum atomic E-state index is 12.1. The van der Waals surface area contributed by atoms with Crippen LogP contribution in [0.2, 0.25) is 5.02 Å². The van der Waals surface area contributed by atoms with Crippen LogP contribution >= 0.6 is 11.6 Å². The second-order valence-corrected chi connectivity index (χ2v) is 5.46. The Kier molecular flexibility index (Phi) is 4.39. The highest BCUT2D eigenvalue weighted by atomic mass is 35.5. The fraction of sp³-hybridized carbons (Fsp3) is 0.118. The number of imidazole rings is 1. The summed E-state index contributed by atoms with van der Waals surface area (Å²) in [4.78, 5) is 16.5. The summed E-state index contributed by atoms with van der Waals surface area (Å²) in [7, 11) is 0. The minimum Gasteiger partial charge on any atom is -0.319 e. The smallest absolute Gasteiger partial charge is 0.260 e. The molecule has 0 spiro atoms. The summed E-state index contributed by atoms with van der Waals surface area (Å²) in [6, 6.07) is 15.0. The molecule has 0 unspecified atom stereocenters. The monoisotopic (exact) mass is 326 g/mol. The number of carbonyl (C=O) groups excluding carboxylic acids is 1. The number of hydrazone groups is 1. The normalized spacial score (nSPS) is 11.2. The first kappa shape index (κ1) is 15.2. The topological polar surface area (TPSA) is 59.3 Å². The van der Waals surface area contributed by atoms with E-state index in [4.69, 9.17) is 11.6 Å². The van der Waals surface area contributed by atoms with Crippen molar-refractivity contribution in [3.8, 4) is 0 Å². The number of fused-ring (bicyclic) bond motifs is 1. The average molecular weight is 327 g/mol. The van der Waals surface area contributed by atoms with E-state index in [1.807, 2.05) is 54.0 Å². The average Bonchev–Trinajstić information content (AvgIpc) is 2.85. The molecule has 1 N–H and O–H groups in total. The summed E-state index contributed by atoms with van der Waals surface area (Å²) in [5.41, 5.74) is 5.06. The van der Waals surface area contributed by atoms with Crippen LogP contribution < -0.4 is 5.43 Å². The molecule has 2 aromatic carbocycles. The number of nitrogens with one attached hydrogen (secondary N) is 1. The van der Waals surface area contributed by atoms with Crippen LogP contribution in [0.15, 0.2) is 53.6 Å². The van der Waals surface area contributed by atoms with E-state index in [1.165, 1.54) is 6.21 Å². The van der Waals surface area contributed by atoms with Crippen molar-refractivity contribution in [3.63, 3.8) is 0 Å². The molecular formula is C17H15ClN4O. The van der Waals surface area contributed by atoms with Crippen molar-refractivity contribution in [1.82, 2.24) is 15.0 Å². The zero-order chi connectivity index (χ0) is 16.2. The lowest BCUT2D eigenvalue weighted by atomic mass is 10.2. The van der Waals surface area contributed by atoms with E-state index in [-0.39, 0.29) is 12.5 Å². The number of amides is 1. The van der Waals surface area contributed by atoms with Crippen molar-refractivity contribution in [2.45, 2.75) is 13.5 Å². The second kappa shape index (κ2) is 6.62. The van der Waals surface area contributed by atoms with Gasteiger partial charge in [0.05, 0.1) is 17.2 Å². The first-order chi connectivity index (χ1) is 11.1. The quantitative estimate of drug-likeness (QED) is 0.591. The fourth-order valence-corrected chi connectivity index (χ4v) is 2.51. The van der Waals surface area contributed by atoms with Gasteiger partial charge in [-0.15, -0.1) is 0 Å². The van der Waals surface area contributed by atoms with Gasteiger partial charge in [0.2, 0.25) is 0 Å². The van der Waals surface area contributed by atoms with Crippen molar-refractivity contribution >= 4 is 34.8 Å². The van der Waals surface area contributed by atoms with E-state index >= 15 is 0 Å². The van der Waals surface area contributed by atoms with Gasteiger partial charge in [-0.2, -0.15) is 5.10 Å². The fourth-order valence-electron chi connectivity index (χ4n) is 2.33. The van der Waals surface area contributed by atoms with Crippen molar-refractivity contribution < 1.29 is 4.79 Å². The second-order valence-electron chi connectivity index (χ2n) is 5.05. The van der Waals surface area contributed by atoms with Gasteiger partial charge in [0.15, 0.2) is 0 Å². The lowest BCUT2D eigenvalue weighted by molar-refractivity contribution is -0.121. The molecule has 116 valence electrons. The molecule has 0 saturated carbocycles. The van der Waals surface area contributed by atoms with E-state index in [2.05, 4.69) is 15.5 Å². The molecular weight excluding hydrogens is 312 g/mol. The predicted octanol–water partition coefficient (Wildman–Crippen LogP) is 3.15. The van der Waals surface area contributed by atoms with Crippen LogP contribution in [0.4, 0.5) is 0 Å². The SMILES string of the molecule is Cc1nc2ccccc2n1CC(=O)N/N=C/c1ccccc1Cl. The molecule has 1 aromatic heterocycles. The number of hydrogen-bond donors (Lipinski definition) is 1. The minimum absolute atomic E-state index is 0.159. The molecule has 6 heteroatoms. The van der Waals surface area contributed by atoms with E-state index in [9.17, 15) is 4.79 Å². The van der Waals surface area contributed by atoms with Gasteiger partial charge in [0.25, 0.3) is 5.91 Å². The zero-order valence-electron chi connectivity index (χ0n) is 12.5. The third-order valence-corrected chi connectivity index (χ3v) is 3.79. The number of halogens is 1. The lowest BCUT2D eigenvalue weighted by Gasteiger charge is -2.05. The Bertz CT molecular complexity index is 885. The number of rotatable bonds is 4. The largest absolute Gasteiger partial charge is 0.319 e. The van der Waals surface area contributed by atoms with Crippen LogP contribution in [0, 0.1) is 6.92 Å². The predicted molar refractivity (Wildman–Crippen MR) is 91.7 cm³/mol. The van der Waals surface area contributed by atoms with E-state index in [0.29, 0.717) is 5.02 Å². The Labute approximate surface area is 138 Å². The molecule has 3 rings (SSSR count). The third-order valence-electron chi connectivity index (χ3n) is 3.45. The maximum absolute atomic E-state index is 12.1. The van der Waals surface area contributed by atoms with E-state index in [0.717, 1.165) is 22.4 Å². The molecule has 0 aliphatic carbocycles. The molecule has 0 radical (unpaired) electrons. The minimum atomic E-state index is -0.223. The van der Waals surface area contributed by atoms with Gasteiger partial charge in [-0.25, -0.2) is 10.4 Å². The van der Waals surface area contributed by atoms with Gasteiger partial charge >= 0.3 is 0 Å². The maximum Gasteiger partial charge on any atom is 0.260 e. The Balaban J connectivity index is 1.70. The Morgan fingerprint density at radius 1 is 1.26 bits per heavy atom. The van der Waals surface area contributed by atoms with Gasteiger partial charge in [0, 0.05) is 10.6 Å². The number of carbonyl (C=O) groups is 1. The van der Waals surface area contributed by atoms with Gasteiger partial charge in [0.1, 0.15) is 12.4 Å². The molecule has 1 heterocycles. The summed E-state index contributed by atoms with van der Waals surface area (Å²) in [5.74, 6) is 0.566. The van der Waals surface area contributed by atoms with Crippen LogP contribution in [-0.4, -0.2) is 21.7 Å². The Hall–Kier alpha value is -2.66. The van der Waals surface area contributed by atoms with Crippen LogP contribution in [-0.2, 0) is 11.3 Å². The number of nitrogens with zero attached hydrogens (tertiary/aromatic N) is 3. The molecule has 0 bridgehead atoms. The van der Waals surface area contributed by atoms with Crippen molar-refractivity contribution in [1.29, 1.82) is 0 Å². The van der Waals surface area contributed by atoms with Gasteiger partial charge in [-0.05, 0) is 25.1 Å². The molecule has 0 fully saturated rings. The first-order valence-electron chi connectivity index (χ1n) is 7.13. The summed E-state index contributed by atoms with van der Waals surface area (Å²) in [6.07, 6.45) is 1.53. The molecule has 1 amide bonds. The Morgan fingerprint density at radius 2 is 2.00 bits per heavy atom. The van der Waals surface area contributed by atoms with Gasteiger partial charge in [-0.1, -0.05) is 41.9 Å². The van der Waals surface area contributed by atoms with Crippen LogP contribution in [0.5, 0.6) is 0 Å². The van der Waals surface area contributed by atoms with Crippen molar-refractivity contribution in [2.75, 3.05) is 0 Å². The summed E-state index contributed by atoms with van der Waals surface area (Å²) in [5, 5.41) is 4.54. The number of aryl methyl sites for hydroxylation is 1. The third kappa shape index (κ3) is 3.40. The number of benzene rings is 2. The number of para-hydroxylation sites is 2.